The normalized spacial score (nSPS) is 31.4. The highest BCUT2D eigenvalue weighted by atomic mass is 19.1. The second-order valence-corrected chi connectivity index (χ2v) is 13.4. The van der Waals surface area contributed by atoms with Crippen molar-refractivity contribution in [3.05, 3.63) is 29.3 Å². The van der Waals surface area contributed by atoms with E-state index in [4.69, 9.17) is 0 Å². The maximum Gasteiger partial charge on any atom is 0.222 e. The lowest BCUT2D eigenvalue weighted by Gasteiger charge is -2.53. The lowest BCUT2D eigenvalue weighted by atomic mass is 9.52. The second-order valence-electron chi connectivity index (χ2n) is 13.4. The minimum atomic E-state index is -1.10. The van der Waals surface area contributed by atoms with Gasteiger partial charge in [0.05, 0.1) is 6.10 Å². The number of carbonyl (C=O) groups is 1. The molecule has 5 heteroatoms. The smallest absolute Gasteiger partial charge is 0.222 e. The summed E-state index contributed by atoms with van der Waals surface area (Å²) < 4.78 is 14.8. The average Bonchev–Trinajstić information content (AvgIpc) is 3.15. The molecule has 2 N–H and O–H groups in total. The van der Waals surface area contributed by atoms with Crippen LogP contribution in [0.15, 0.2) is 18.2 Å². The number of phenols is 1. The molecule has 0 heterocycles. The first-order chi connectivity index (χ1) is 18.8. The monoisotopic (exact) mass is 543 g/mol. The van der Waals surface area contributed by atoms with Gasteiger partial charge in [0.25, 0.3) is 0 Å². The van der Waals surface area contributed by atoms with E-state index in [0.29, 0.717) is 42.3 Å². The van der Waals surface area contributed by atoms with Crippen LogP contribution in [0.2, 0.25) is 0 Å². The minimum Gasteiger partial charge on any atom is -0.508 e. The number of aliphatic hydroxyl groups excluding tert-OH is 1. The Morgan fingerprint density at radius 3 is 2.49 bits per heavy atom. The van der Waals surface area contributed by atoms with Gasteiger partial charge in [0.2, 0.25) is 5.91 Å². The molecule has 3 aliphatic rings. The molecule has 1 amide bonds. The number of hydrogen-bond acceptors (Lipinski definition) is 3. The van der Waals surface area contributed by atoms with Crippen molar-refractivity contribution in [2.45, 2.75) is 135 Å². The molecule has 0 spiro atoms. The van der Waals surface area contributed by atoms with E-state index in [1.165, 1.54) is 49.7 Å². The summed E-state index contributed by atoms with van der Waals surface area (Å²) in [5, 5.41) is 20.9. The topological polar surface area (TPSA) is 60.8 Å². The van der Waals surface area contributed by atoms with E-state index in [-0.39, 0.29) is 11.3 Å². The Bertz CT molecular complexity index is 937. The third-order valence-corrected chi connectivity index (χ3v) is 10.8. The van der Waals surface area contributed by atoms with Crippen molar-refractivity contribution >= 4 is 5.91 Å². The minimum absolute atomic E-state index is 0.242. The van der Waals surface area contributed by atoms with E-state index in [1.807, 2.05) is 24.1 Å². The molecule has 0 radical (unpaired) electrons. The van der Waals surface area contributed by atoms with Crippen LogP contribution in [0.5, 0.6) is 5.75 Å². The zero-order valence-corrected chi connectivity index (χ0v) is 24.8. The summed E-state index contributed by atoms with van der Waals surface area (Å²) in [4.78, 5) is 14.0. The van der Waals surface area contributed by atoms with Gasteiger partial charge in [-0.1, -0.05) is 71.3 Å². The van der Waals surface area contributed by atoms with Crippen molar-refractivity contribution in [3.63, 3.8) is 0 Å². The lowest BCUT2D eigenvalue weighted by Crippen LogP contribution is -2.47. The molecule has 0 unspecified atom stereocenters. The van der Waals surface area contributed by atoms with Crippen LogP contribution in [0, 0.1) is 23.2 Å². The number of benzene rings is 1. The van der Waals surface area contributed by atoms with Gasteiger partial charge >= 0.3 is 0 Å². The van der Waals surface area contributed by atoms with Gasteiger partial charge in [-0.05, 0) is 97.3 Å². The van der Waals surface area contributed by atoms with Crippen LogP contribution in [-0.4, -0.2) is 46.9 Å². The first-order valence-corrected chi connectivity index (χ1v) is 16.1. The Hall–Kier alpha value is -1.62. The molecule has 0 saturated heterocycles. The van der Waals surface area contributed by atoms with E-state index in [0.717, 1.165) is 57.9 Å². The fourth-order valence-electron chi connectivity index (χ4n) is 8.46. The average molecular weight is 544 g/mol. The Morgan fingerprint density at radius 2 is 1.77 bits per heavy atom. The molecule has 0 aromatic heterocycles. The summed E-state index contributed by atoms with van der Waals surface area (Å²) in [6.45, 7) is 5.18. The fourth-order valence-corrected chi connectivity index (χ4v) is 8.46. The van der Waals surface area contributed by atoms with Gasteiger partial charge in [-0.3, -0.25) is 4.79 Å². The van der Waals surface area contributed by atoms with Crippen molar-refractivity contribution < 1.29 is 19.4 Å². The Balaban J connectivity index is 1.21. The van der Waals surface area contributed by atoms with E-state index in [9.17, 15) is 19.4 Å². The van der Waals surface area contributed by atoms with Crippen molar-refractivity contribution in [3.8, 4) is 5.75 Å². The number of halogens is 1. The van der Waals surface area contributed by atoms with Gasteiger partial charge in [-0.2, -0.15) is 0 Å². The first-order valence-electron chi connectivity index (χ1n) is 16.1. The third kappa shape index (κ3) is 7.00. The molecule has 7 atom stereocenters. The highest BCUT2D eigenvalue weighted by Gasteiger charge is 2.60. The van der Waals surface area contributed by atoms with Gasteiger partial charge in [0.15, 0.2) is 0 Å². The summed E-state index contributed by atoms with van der Waals surface area (Å²) in [7, 11) is 1.93. The SMILES string of the molecule is CCCCN(C)C(=O)CCCCCCCCCC[C@@H]1Cc2cc(O)ccc2[C@H]2CC[C@]3(C)[C@@H](O)[C@H](F)C[C@H]3[C@H]12. The van der Waals surface area contributed by atoms with Crippen LogP contribution in [-0.2, 0) is 11.2 Å². The summed E-state index contributed by atoms with van der Waals surface area (Å²) in [6.07, 6.45) is 15.1. The predicted molar refractivity (Wildman–Crippen MR) is 157 cm³/mol. The lowest BCUT2D eigenvalue weighted by molar-refractivity contribution is -0.130. The van der Waals surface area contributed by atoms with E-state index >= 15 is 0 Å². The molecule has 0 bridgehead atoms. The fraction of sp³-hybridized carbons (Fsp3) is 0.794. The number of rotatable bonds is 14. The quantitative estimate of drug-likeness (QED) is 0.234. The third-order valence-electron chi connectivity index (χ3n) is 10.8. The second kappa shape index (κ2) is 13.8. The van der Waals surface area contributed by atoms with Crippen molar-refractivity contribution in [2.75, 3.05) is 13.6 Å². The highest BCUT2D eigenvalue weighted by molar-refractivity contribution is 5.75. The van der Waals surface area contributed by atoms with Crippen LogP contribution < -0.4 is 0 Å². The molecule has 1 aromatic rings. The number of phenolic OH excluding ortho intramolecular Hbond substituents is 1. The molecule has 4 rings (SSSR count). The van der Waals surface area contributed by atoms with Crippen LogP contribution in [0.4, 0.5) is 4.39 Å². The maximum atomic E-state index is 14.8. The number of amides is 1. The molecular weight excluding hydrogens is 489 g/mol. The van der Waals surface area contributed by atoms with Crippen molar-refractivity contribution in [2.24, 2.45) is 23.2 Å². The van der Waals surface area contributed by atoms with E-state index in [2.05, 4.69) is 19.9 Å². The number of unbranched alkanes of at least 4 members (excludes halogenated alkanes) is 8. The molecule has 0 aliphatic heterocycles. The standard InChI is InChI=1S/C34H54FNO3/c1-4-5-20-36(3)31(38)15-13-11-9-7-6-8-10-12-14-24-21-25-22-26(37)16-17-27(25)28-18-19-34(2)29(32(24)28)23-30(35)33(34)39/h16-17,22,24,28-30,32-33,37,39H,4-15,18-21,23H2,1-3H3/t24-,28-,29+,30-,32-,33+,34+/m1/s1. The summed E-state index contributed by atoms with van der Waals surface area (Å²) in [5.41, 5.74) is 2.35. The highest BCUT2D eigenvalue weighted by Crippen LogP contribution is 2.63. The van der Waals surface area contributed by atoms with Gasteiger partial charge < -0.3 is 15.1 Å². The number of aromatic hydroxyl groups is 1. The molecule has 1 aromatic carbocycles. The number of carbonyl (C=O) groups excluding carboxylic acids is 1. The zero-order chi connectivity index (χ0) is 28.0. The van der Waals surface area contributed by atoms with Crippen LogP contribution in [0.25, 0.3) is 0 Å². The number of nitrogens with zero attached hydrogens (tertiary/aromatic N) is 1. The number of fused-ring (bicyclic) bond motifs is 5. The van der Waals surface area contributed by atoms with Crippen molar-refractivity contribution in [1.82, 2.24) is 4.90 Å². The van der Waals surface area contributed by atoms with Crippen molar-refractivity contribution in [1.29, 1.82) is 0 Å². The summed E-state index contributed by atoms with van der Waals surface area (Å²) in [6, 6.07) is 5.89. The Labute approximate surface area is 236 Å². The van der Waals surface area contributed by atoms with Crippen LogP contribution in [0.1, 0.15) is 127 Å². The summed E-state index contributed by atoms with van der Waals surface area (Å²) >= 11 is 0. The zero-order valence-electron chi connectivity index (χ0n) is 24.8. The van der Waals surface area contributed by atoms with Crippen LogP contribution in [0.3, 0.4) is 0 Å². The van der Waals surface area contributed by atoms with Gasteiger partial charge in [-0.25, -0.2) is 4.39 Å². The van der Waals surface area contributed by atoms with Crippen LogP contribution >= 0.6 is 0 Å². The van der Waals surface area contributed by atoms with E-state index in [1.54, 1.807) is 0 Å². The molecular formula is C34H54FNO3. The van der Waals surface area contributed by atoms with Gasteiger partial charge in [0.1, 0.15) is 11.9 Å². The predicted octanol–water partition coefficient (Wildman–Crippen LogP) is 7.94. The van der Waals surface area contributed by atoms with E-state index < -0.39 is 12.3 Å². The molecule has 4 nitrogen and oxygen atoms in total. The summed E-state index contributed by atoms with van der Waals surface area (Å²) in [5.74, 6) is 2.23. The number of aliphatic hydroxyl groups is 1. The molecule has 220 valence electrons. The number of hydrogen-bond donors (Lipinski definition) is 2. The molecule has 2 fully saturated rings. The number of alkyl halides is 1. The Kier molecular flexibility index (Phi) is 10.8. The largest absolute Gasteiger partial charge is 0.508 e. The Morgan fingerprint density at radius 1 is 1.08 bits per heavy atom. The molecule has 3 aliphatic carbocycles. The van der Waals surface area contributed by atoms with Gasteiger partial charge in [-0.15, -0.1) is 0 Å². The molecule has 2 saturated carbocycles. The van der Waals surface area contributed by atoms with Gasteiger partial charge in [0, 0.05) is 20.0 Å². The molecule has 39 heavy (non-hydrogen) atoms. The maximum absolute atomic E-state index is 14.8. The first kappa shape index (κ1) is 30.3.